The van der Waals surface area contributed by atoms with Crippen molar-refractivity contribution in [1.29, 1.82) is 0 Å². The molecule has 0 spiro atoms. The van der Waals surface area contributed by atoms with Gasteiger partial charge in [0.25, 0.3) is 0 Å². The van der Waals surface area contributed by atoms with Crippen LogP contribution in [0, 0.1) is 13.8 Å². The molecule has 0 aliphatic carbocycles. The molecule has 0 aromatic carbocycles. The summed E-state index contributed by atoms with van der Waals surface area (Å²) in [6, 6.07) is 0. The standard InChI is InChI=1S/C18H24N6OS/c1-12-13(2)26-18-16(12)17(20-14-9-19-24(10-14)7-8-25)21-15(22-18)11-23-5-3-4-6-23/h9-10,25H,3-8,11H2,1-2H3,(H,20,21,22). The molecule has 1 aliphatic rings. The molecule has 0 amide bonds. The zero-order valence-corrected chi connectivity index (χ0v) is 16.0. The Bertz CT molecular complexity index is 912. The summed E-state index contributed by atoms with van der Waals surface area (Å²) in [5.41, 5.74) is 2.09. The molecule has 138 valence electrons. The number of nitrogens with zero attached hydrogens (tertiary/aromatic N) is 5. The second-order valence-electron chi connectivity index (χ2n) is 6.78. The molecule has 0 bridgehead atoms. The third kappa shape index (κ3) is 3.44. The van der Waals surface area contributed by atoms with Crippen LogP contribution >= 0.6 is 11.3 Å². The number of thiophene rings is 1. The molecule has 0 unspecified atom stereocenters. The molecule has 0 radical (unpaired) electrons. The molecular formula is C18H24N6OS. The molecule has 4 heterocycles. The van der Waals surface area contributed by atoms with E-state index in [1.807, 2.05) is 6.20 Å². The fraction of sp³-hybridized carbons (Fsp3) is 0.500. The first kappa shape index (κ1) is 17.4. The average Bonchev–Trinajstić information content (AvgIpc) is 3.32. The summed E-state index contributed by atoms with van der Waals surface area (Å²) in [7, 11) is 0. The smallest absolute Gasteiger partial charge is 0.146 e. The summed E-state index contributed by atoms with van der Waals surface area (Å²) in [6.45, 7) is 7.85. The molecule has 1 aliphatic heterocycles. The van der Waals surface area contributed by atoms with E-state index in [0.717, 1.165) is 47.2 Å². The van der Waals surface area contributed by atoms with Crippen molar-refractivity contribution in [3.8, 4) is 0 Å². The second-order valence-corrected chi connectivity index (χ2v) is 7.98. The molecule has 7 nitrogen and oxygen atoms in total. The zero-order chi connectivity index (χ0) is 18.1. The van der Waals surface area contributed by atoms with Gasteiger partial charge in [0.15, 0.2) is 0 Å². The van der Waals surface area contributed by atoms with Crippen LogP contribution in [-0.4, -0.2) is 49.5 Å². The van der Waals surface area contributed by atoms with E-state index in [1.165, 1.54) is 23.3 Å². The van der Waals surface area contributed by atoms with Crippen molar-refractivity contribution in [2.75, 3.05) is 25.0 Å². The molecule has 4 rings (SSSR count). The van der Waals surface area contributed by atoms with Crippen molar-refractivity contribution in [1.82, 2.24) is 24.6 Å². The van der Waals surface area contributed by atoms with Gasteiger partial charge in [0, 0.05) is 11.1 Å². The van der Waals surface area contributed by atoms with Gasteiger partial charge in [-0.2, -0.15) is 5.10 Å². The number of fused-ring (bicyclic) bond motifs is 1. The number of likely N-dealkylation sites (tertiary alicyclic amines) is 1. The number of aryl methyl sites for hydroxylation is 2. The predicted octanol–water partition coefficient (Wildman–Crippen LogP) is 2.84. The first-order chi connectivity index (χ1) is 12.6. The maximum atomic E-state index is 9.07. The molecule has 26 heavy (non-hydrogen) atoms. The topological polar surface area (TPSA) is 79.1 Å². The molecule has 3 aromatic rings. The number of aliphatic hydroxyl groups excluding tert-OH is 1. The van der Waals surface area contributed by atoms with Gasteiger partial charge in [-0.05, 0) is 45.3 Å². The summed E-state index contributed by atoms with van der Waals surface area (Å²) in [5, 5.41) is 17.8. The SMILES string of the molecule is Cc1sc2nc(CN3CCCC3)nc(Nc3cnn(CCO)c3)c2c1C. The molecule has 1 fully saturated rings. The largest absolute Gasteiger partial charge is 0.394 e. The van der Waals surface area contributed by atoms with Gasteiger partial charge in [-0.25, -0.2) is 9.97 Å². The van der Waals surface area contributed by atoms with Crippen LogP contribution in [0.25, 0.3) is 10.2 Å². The van der Waals surface area contributed by atoms with Crippen molar-refractivity contribution >= 4 is 33.1 Å². The van der Waals surface area contributed by atoms with E-state index in [4.69, 9.17) is 15.1 Å². The summed E-state index contributed by atoms with van der Waals surface area (Å²) in [4.78, 5) is 14.4. The van der Waals surface area contributed by atoms with E-state index in [1.54, 1.807) is 22.2 Å². The Labute approximate surface area is 156 Å². The van der Waals surface area contributed by atoms with E-state index < -0.39 is 0 Å². The molecule has 2 N–H and O–H groups in total. The van der Waals surface area contributed by atoms with E-state index in [-0.39, 0.29) is 6.61 Å². The number of nitrogens with one attached hydrogen (secondary N) is 1. The lowest BCUT2D eigenvalue weighted by Crippen LogP contribution is -2.20. The number of aromatic nitrogens is 4. The zero-order valence-electron chi connectivity index (χ0n) is 15.2. The maximum Gasteiger partial charge on any atom is 0.146 e. The number of rotatable bonds is 6. The van der Waals surface area contributed by atoms with Gasteiger partial charge in [-0.1, -0.05) is 0 Å². The second kappa shape index (κ2) is 7.30. The predicted molar refractivity (Wildman–Crippen MR) is 104 cm³/mol. The normalized spacial score (nSPS) is 15.2. The Morgan fingerprint density at radius 2 is 2.04 bits per heavy atom. The van der Waals surface area contributed by atoms with Gasteiger partial charge in [-0.3, -0.25) is 9.58 Å². The van der Waals surface area contributed by atoms with E-state index in [9.17, 15) is 0 Å². The third-order valence-corrected chi connectivity index (χ3v) is 5.96. The Balaban J connectivity index is 1.69. The fourth-order valence-corrected chi connectivity index (χ4v) is 4.43. The lowest BCUT2D eigenvalue weighted by Gasteiger charge is -2.14. The molecule has 3 aromatic heterocycles. The minimum absolute atomic E-state index is 0.0711. The highest BCUT2D eigenvalue weighted by atomic mass is 32.1. The van der Waals surface area contributed by atoms with Crippen molar-refractivity contribution in [2.24, 2.45) is 0 Å². The van der Waals surface area contributed by atoms with Crippen LogP contribution < -0.4 is 5.32 Å². The lowest BCUT2D eigenvalue weighted by atomic mass is 10.2. The minimum atomic E-state index is 0.0711. The number of hydrogen-bond acceptors (Lipinski definition) is 7. The molecule has 8 heteroatoms. The average molecular weight is 372 g/mol. The number of hydrogen-bond donors (Lipinski definition) is 2. The summed E-state index contributed by atoms with van der Waals surface area (Å²) in [6.07, 6.45) is 6.17. The highest BCUT2D eigenvalue weighted by Gasteiger charge is 2.18. The minimum Gasteiger partial charge on any atom is -0.394 e. The first-order valence-electron chi connectivity index (χ1n) is 9.03. The quantitative estimate of drug-likeness (QED) is 0.693. The fourth-order valence-electron chi connectivity index (χ4n) is 3.39. The van der Waals surface area contributed by atoms with Crippen LogP contribution in [0.4, 0.5) is 11.5 Å². The molecule has 0 saturated carbocycles. The molecular weight excluding hydrogens is 348 g/mol. The monoisotopic (exact) mass is 372 g/mol. The van der Waals surface area contributed by atoms with Crippen molar-refractivity contribution in [3.63, 3.8) is 0 Å². The van der Waals surface area contributed by atoms with Gasteiger partial charge in [0.1, 0.15) is 16.5 Å². The van der Waals surface area contributed by atoms with Crippen LogP contribution in [0.2, 0.25) is 0 Å². The van der Waals surface area contributed by atoms with Gasteiger partial charge in [-0.15, -0.1) is 11.3 Å². The van der Waals surface area contributed by atoms with Gasteiger partial charge in [0.2, 0.25) is 0 Å². The number of anilines is 2. The Morgan fingerprint density at radius 3 is 2.81 bits per heavy atom. The summed E-state index contributed by atoms with van der Waals surface area (Å²) >= 11 is 1.73. The highest BCUT2D eigenvalue weighted by molar-refractivity contribution is 7.18. The lowest BCUT2D eigenvalue weighted by molar-refractivity contribution is 0.269. The van der Waals surface area contributed by atoms with Crippen molar-refractivity contribution in [2.45, 2.75) is 39.8 Å². The van der Waals surface area contributed by atoms with Crippen LogP contribution in [0.1, 0.15) is 29.1 Å². The van der Waals surface area contributed by atoms with E-state index in [2.05, 4.69) is 29.2 Å². The molecule has 1 saturated heterocycles. The van der Waals surface area contributed by atoms with E-state index in [0.29, 0.717) is 6.54 Å². The molecule has 0 atom stereocenters. The van der Waals surface area contributed by atoms with Crippen LogP contribution in [0.3, 0.4) is 0 Å². The Hall–Kier alpha value is -2.03. The van der Waals surface area contributed by atoms with Crippen LogP contribution in [-0.2, 0) is 13.1 Å². The highest BCUT2D eigenvalue weighted by Crippen LogP contribution is 2.34. The van der Waals surface area contributed by atoms with Crippen LogP contribution in [0.5, 0.6) is 0 Å². The maximum absolute atomic E-state index is 9.07. The Morgan fingerprint density at radius 1 is 1.23 bits per heavy atom. The van der Waals surface area contributed by atoms with Crippen molar-refractivity contribution < 1.29 is 5.11 Å². The van der Waals surface area contributed by atoms with E-state index >= 15 is 0 Å². The van der Waals surface area contributed by atoms with Crippen LogP contribution in [0.15, 0.2) is 12.4 Å². The number of aliphatic hydroxyl groups is 1. The van der Waals surface area contributed by atoms with Gasteiger partial charge < -0.3 is 10.4 Å². The van der Waals surface area contributed by atoms with Crippen molar-refractivity contribution in [3.05, 3.63) is 28.7 Å². The summed E-state index contributed by atoms with van der Waals surface area (Å²) in [5.74, 6) is 1.71. The van der Waals surface area contributed by atoms with Gasteiger partial charge >= 0.3 is 0 Å². The van der Waals surface area contributed by atoms with Gasteiger partial charge in [0.05, 0.1) is 37.0 Å². The third-order valence-electron chi connectivity index (χ3n) is 4.86. The summed E-state index contributed by atoms with van der Waals surface area (Å²) < 4.78 is 1.72. The first-order valence-corrected chi connectivity index (χ1v) is 9.85. The Kier molecular flexibility index (Phi) is 4.88.